The van der Waals surface area contributed by atoms with Gasteiger partial charge < -0.3 is 10.6 Å². The molecule has 0 unspecified atom stereocenters. The highest BCUT2D eigenvalue weighted by molar-refractivity contribution is 5.94. The van der Waals surface area contributed by atoms with Crippen molar-refractivity contribution in [2.75, 3.05) is 11.9 Å². The molecule has 6 heteroatoms. The monoisotopic (exact) mass is 364 g/mol. The minimum atomic E-state index is -0.333. The number of nitrogens with one attached hydrogen (secondary N) is 2. The molecule has 3 aromatic rings. The van der Waals surface area contributed by atoms with Crippen LogP contribution >= 0.6 is 0 Å². The maximum atomic E-state index is 13.4. The maximum Gasteiger partial charge on any atom is 0.251 e. The average Bonchev–Trinajstić information content (AvgIpc) is 2.67. The van der Waals surface area contributed by atoms with Gasteiger partial charge in [0.2, 0.25) is 0 Å². The molecule has 2 N–H and O–H groups in total. The minimum Gasteiger partial charge on any atom is -0.352 e. The van der Waals surface area contributed by atoms with Gasteiger partial charge in [-0.25, -0.2) is 14.4 Å². The summed E-state index contributed by atoms with van der Waals surface area (Å²) in [6.45, 7) is 4.74. The molecule has 0 bridgehead atoms. The zero-order valence-electron chi connectivity index (χ0n) is 15.2. The number of anilines is 2. The maximum absolute atomic E-state index is 13.4. The van der Waals surface area contributed by atoms with Gasteiger partial charge in [-0.2, -0.15) is 0 Å². The van der Waals surface area contributed by atoms with E-state index in [-0.39, 0.29) is 11.7 Å². The fourth-order valence-electron chi connectivity index (χ4n) is 2.45. The summed E-state index contributed by atoms with van der Waals surface area (Å²) < 4.78 is 13.4. The Morgan fingerprint density at radius 3 is 2.59 bits per heavy atom. The van der Waals surface area contributed by atoms with Gasteiger partial charge in [0.05, 0.1) is 0 Å². The lowest BCUT2D eigenvalue weighted by molar-refractivity contribution is 0.0949. The van der Waals surface area contributed by atoms with Crippen molar-refractivity contribution in [3.8, 4) is 11.4 Å². The highest BCUT2D eigenvalue weighted by Crippen LogP contribution is 2.20. The third-order valence-electron chi connectivity index (χ3n) is 3.83. The van der Waals surface area contributed by atoms with Crippen LogP contribution in [0.1, 0.15) is 24.2 Å². The third kappa shape index (κ3) is 5.10. The molecule has 0 aliphatic heterocycles. The molecule has 0 aliphatic rings. The lowest BCUT2D eigenvalue weighted by atomic mass is 10.1. The van der Waals surface area contributed by atoms with E-state index in [4.69, 9.17) is 0 Å². The number of carbonyl (C=O) groups excluding carboxylic acids is 1. The van der Waals surface area contributed by atoms with Crippen LogP contribution in [0.4, 0.5) is 15.9 Å². The summed E-state index contributed by atoms with van der Waals surface area (Å²) in [7, 11) is 0. The molecule has 0 fully saturated rings. The second-order valence-corrected chi connectivity index (χ2v) is 6.58. The molecule has 0 radical (unpaired) electrons. The van der Waals surface area contributed by atoms with Crippen LogP contribution in [0.5, 0.6) is 0 Å². The van der Waals surface area contributed by atoms with E-state index in [0.29, 0.717) is 35.2 Å². The number of rotatable bonds is 6. The Morgan fingerprint density at radius 1 is 1.11 bits per heavy atom. The third-order valence-corrected chi connectivity index (χ3v) is 3.83. The van der Waals surface area contributed by atoms with Gasteiger partial charge in [-0.05, 0) is 48.4 Å². The molecule has 27 heavy (non-hydrogen) atoms. The van der Waals surface area contributed by atoms with E-state index in [1.54, 1.807) is 36.5 Å². The van der Waals surface area contributed by atoms with Gasteiger partial charge in [-0.1, -0.05) is 26.0 Å². The summed E-state index contributed by atoms with van der Waals surface area (Å²) in [5.41, 5.74) is 2.00. The van der Waals surface area contributed by atoms with E-state index in [2.05, 4.69) is 20.6 Å². The van der Waals surface area contributed by atoms with E-state index >= 15 is 0 Å². The number of carbonyl (C=O) groups is 1. The van der Waals surface area contributed by atoms with Crippen molar-refractivity contribution in [1.82, 2.24) is 15.3 Å². The topological polar surface area (TPSA) is 66.9 Å². The van der Waals surface area contributed by atoms with Crippen molar-refractivity contribution in [2.45, 2.75) is 13.8 Å². The number of halogens is 1. The van der Waals surface area contributed by atoms with E-state index in [9.17, 15) is 9.18 Å². The Morgan fingerprint density at radius 2 is 1.89 bits per heavy atom. The molecular formula is C21H21FN4O. The number of aromatic nitrogens is 2. The predicted octanol–water partition coefficient (Wildman–Crippen LogP) is 4.41. The molecule has 1 amide bonds. The smallest absolute Gasteiger partial charge is 0.251 e. The van der Waals surface area contributed by atoms with Crippen molar-refractivity contribution in [2.24, 2.45) is 5.92 Å². The molecule has 0 spiro atoms. The van der Waals surface area contributed by atoms with Crippen LogP contribution < -0.4 is 10.6 Å². The molecule has 0 saturated carbocycles. The van der Waals surface area contributed by atoms with Crippen molar-refractivity contribution >= 4 is 17.4 Å². The first-order valence-electron chi connectivity index (χ1n) is 8.75. The van der Waals surface area contributed by atoms with E-state index < -0.39 is 0 Å². The molecule has 0 aliphatic carbocycles. The highest BCUT2D eigenvalue weighted by atomic mass is 19.1. The van der Waals surface area contributed by atoms with Crippen molar-refractivity contribution in [3.05, 3.63) is 72.2 Å². The van der Waals surface area contributed by atoms with Crippen molar-refractivity contribution in [1.29, 1.82) is 0 Å². The number of hydrogen-bond donors (Lipinski definition) is 2. The summed E-state index contributed by atoms with van der Waals surface area (Å²) in [5, 5.41) is 6.06. The molecule has 0 saturated heterocycles. The van der Waals surface area contributed by atoms with Gasteiger partial charge in [-0.15, -0.1) is 0 Å². The lowest BCUT2D eigenvalue weighted by Crippen LogP contribution is -2.27. The van der Waals surface area contributed by atoms with Gasteiger partial charge in [0, 0.05) is 29.6 Å². The van der Waals surface area contributed by atoms with Crippen LogP contribution in [0.3, 0.4) is 0 Å². The van der Waals surface area contributed by atoms with Gasteiger partial charge >= 0.3 is 0 Å². The molecule has 1 heterocycles. The molecule has 138 valence electrons. The van der Waals surface area contributed by atoms with E-state index in [1.165, 1.54) is 12.1 Å². The Balaban J connectivity index is 1.70. The van der Waals surface area contributed by atoms with E-state index in [0.717, 1.165) is 5.69 Å². The van der Waals surface area contributed by atoms with Crippen molar-refractivity contribution in [3.63, 3.8) is 0 Å². The number of hydrogen-bond acceptors (Lipinski definition) is 4. The minimum absolute atomic E-state index is 0.0920. The summed E-state index contributed by atoms with van der Waals surface area (Å²) in [5.74, 6) is 0.997. The Labute approximate surface area is 157 Å². The van der Waals surface area contributed by atoms with Gasteiger partial charge in [-0.3, -0.25) is 4.79 Å². The number of benzene rings is 2. The molecule has 2 aromatic carbocycles. The van der Waals surface area contributed by atoms with Crippen LogP contribution in [0, 0.1) is 11.7 Å². The summed E-state index contributed by atoms with van der Waals surface area (Å²) >= 11 is 0. The fraction of sp³-hybridized carbons (Fsp3) is 0.190. The molecule has 3 rings (SSSR count). The molecule has 1 aromatic heterocycles. The average molecular weight is 364 g/mol. The van der Waals surface area contributed by atoms with Gasteiger partial charge in [0.15, 0.2) is 5.82 Å². The first-order valence-corrected chi connectivity index (χ1v) is 8.75. The number of amides is 1. The molecule has 5 nitrogen and oxygen atoms in total. The molecule has 0 atom stereocenters. The lowest BCUT2D eigenvalue weighted by Gasteiger charge is -2.09. The van der Waals surface area contributed by atoms with Crippen molar-refractivity contribution < 1.29 is 9.18 Å². The van der Waals surface area contributed by atoms with Crippen LogP contribution in [0.2, 0.25) is 0 Å². The zero-order valence-corrected chi connectivity index (χ0v) is 15.2. The second kappa shape index (κ2) is 8.40. The quantitative estimate of drug-likeness (QED) is 0.680. The predicted molar refractivity (Wildman–Crippen MR) is 104 cm³/mol. The molecular weight excluding hydrogens is 343 g/mol. The Bertz CT molecular complexity index is 925. The Kier molecular flexibility index (Phi) is 5.76. The highest BCUT2D eigenvalue weighted by Gasteiger charge is 2.07. The largest absolute Gasteiger partial charge is 0.352 e. The first-order chi connectivity index (χ1) is 13.0. The van der Waals surface area contributed by atoms with Crippen LogP contribution in [-0.4, -0.2) is 22.4 Å². The summed E-state index contributed by atoms with van der Waals surface area (Å²) in [6, 6.07) is 15.0. The van der Waals surface area contributed by atoms with Crippen LogP contribution in [0.15, 0.2) is 60.8 Å². The van der Waals surface area contributed by atoms with Gasteiger partial charge in [0.25, 0.3) is 5.91 Å². The van der Waals surface area contributed by atoms with Crippen LogP contribution in [-0.2, 0) is 0 Å². The van der Waals surface area contributed by atoms with Crippen LogP contribution in [0.25, 0.3) is 11.4 Å². The summed E-state index contributed by atoms with van der Waals surface area (Å²) in [6.07, 6.45) is 1.61. The first kappa shape index (κ1) is 18.5. The van der Waals surface area contributed by atoms with E-state index in [1.807, 2.05) is 26.0 Å². The zero-order chi connectivity index (χ0) is 19.2. The number of nitrogens with zero attached hydrogens (tertiary/aromatic N) is 2. The fourth-order valence-corrected chi connectivity index (χ4v) is 2.45. The van der Waals surface area contributed by atoms with Gasteiger partial charge in [0.1, 0.15) is 11.6 Å². The SMILES string of the molecule is CC(C)CNC(=O)c1ccc(Nc2ccnc(-c3cccc(F)c3)n2)cc1. The normalized spacial score (nSPS) is 10.7. The summed E-state index contributed by atoms with van der Waals surface area (Å²) in [4.78, 5) is 20.7. The standard InChI is InChI=1S/C21H21FN4O/c1-14(2)13-24-21(27)15-6-8-18(9-7-15)25-19-10-11-23-20(26-19)16-4-3-5-17(22)12-16/h3-12,14H,13H2,1-2H3,(H,24,27)(H,23,25,26). The second-order valence-electron chi connectivity index (χ2n) is 6.58. The Hall–Kier alpha value is -3.28.